The molecule has 142 valence electrons. The first-order chi connectivity index (χ1) is 11.4. The quantitative estimate of drug-likeness (QED) is 0.265. The Morgan fingerprint density at radius 3 is 2.17 bits per heavy atom. The van der Waals surface area contributed by atoms with Gasteiger partial charge in [-0.15, -0.1) is 0 Å². The topological polar surface area (TPSA) is 26.8 Å². The standard InChI is InChI=1S/C18H34I2N3O/c1-14(2)20-23-7-5-17(6-8-23)15(3)13-16(4)18(24)21-9-11-22(19)12-10-21/h14-17H,5-13H2,1-4H3/q-1. The van der Waals surface area contributed by atoms with Crippen molar-refractivity contribution in [2.24, 2.45) is 17.8 Å². The number of rotatable bonds is 6. The summed E-state index contributed by atoms with van der Waals surface area (Å²) in [5, 5.41) is 0. The fraction of sp³-hybridized carbons (Fsp3) is 0.944. The molecule has 0 N–H and O–H groups in total. The van der Waals surface area contributed by atoms with Crippen LogP contribution in [0.25, 0.3) is 0 Å². The molecule has 6 heteroatoms. The minimum absolute atomic E-state index is 0.182. The van der Waals surface area contributed by atoms with Crippen LogP contribution < -0.4 is 21.5 Å². The summed E-state index contributed by atoms with van der Waals surface area (Å²) in [6, 6.07) is 0. The SMILES string of the molecule is CC(C)[I-]N1CCC(C(C)CC(C)C(=O)N2CCN(I)CC2)CC1. The number of piperidine rings is 1. The van der Waals surface area contributed by atoms with Gasteiger partial charge in [0.15, 0.2) is 0 Å². The molecule has 1 amide bonds. The van der Waals surface area contributed by atoms with Crippen LogP contribution in [0, 0.1) is 17.8 Å². The normalized spacial score (nSPS) is 24.5. The molecule has 2 saturated heterocycles. The molecule has 0 aliphatic carbocycles. The minimum atomic E-state index is 0.182. The zero-order chi connectivity index (χ0) is 17.7. The van der Waals surface area contributed by atoms with E-state index in [1.54, 1.807) is 0 Å². The summed E-state index contributed by atoms with van der Waals surface area (Å²) in [4.78, 5) is 14.8. The van der Waals surface area contributed by atoms with Crippen LogP contribution in [0.1, 0.15) is 47.0 Å². The summed E-state index contributed by atoms with van der Waals surface area (Å²) in [7, 11) is 0. The predicted molar refractivity (Wildman–Crippen MR) is 105 cm³/mol. The third-order valence-electron chi connectivity index (χ3n) is 5.31. The number of hydrogen-bond donors (Lipinski definition) is 0. The molecule has 2 atom stereocenters. The first-order valence-electron chi connectivity index (χ1n) is 9.45. The van der Waals surface area contributed by atoms with Gasteiger partial charge in [-0.25, -0.2) is 0 Å². The molecule has 2 aliphatic rings. The van der Waals surface area contributed by atoms with Gasteiger partial charge in [0, 0.05) is 22.9 Å². The van der Waals surface area contributed by atoms with E-state index in [1.807, 2.05) is 0 Å². The molecular formula is C18H34I2N3O-. The summed E-state index contributed by atoms with van der Waals surface area (Å²) in [5.41, 5.74) is 0. The van der Waals surface area contributed by atoms with Crippen LogP contribution in [0.4, 0.5) is 0 Å². The van der Waals surface area contributed by atoms with Crippen LogP contribution in [0.3, 0.4) is 0 Å². The van der Waals surface area contributed by atoms with Gasteiger partial charge in [-0.2, -0.15) is 0 Å². The molecule has 0 saturated carbocycles. The van der Waals surface area contributed by atoms with E-state index in [4.69, 9.17) is 0 Å². The maximum absolute atomic E-state index is 12.7. The van der Waals surface area contributed by atoms with Crippen molar-refractivity contribution in [3.8, 4) is 0 Å². The molecule has 2 heterocycles. The van der Waals surface area contributed by atoms with Crippen molar-refractivity contribution in [1.82, 2.24) is 11.1 Å². The molecule has 0 aromatic rings. The molecule has 2 aliphatic heterocycles. The Labute approximate surface area is 173 Å². The van der Waals surface area contributed by atoms with E-state index in [1.165, 1.54) is 25.9 Å². The van der Waals surface area contributed by atoms with Gasteiger partial charge in [-0.05, 0) is 0 Å². The van der Waals surface area contributed by atoms with Gasteiger partial charge in [0.1, 0.15) is 0 Å². The zero-order valence-electron chi connectivity index (χ0n) is 15.7. The molecule has 0 aromatic heterocycles. The fourth-order valence-corrected chi connectivity index (χ4v) is 7.00. The Balaban J connectivity index is 1.73. The number of carbonyl (C=O) groups excluding carboxylic acids is 1. The third-order valence-corrected chi connectivity index (χ3v) is 9.14. The first-order valence-corrected chi connectivity index (χ1v) is 12.6. The van der Waals surface area contributed by atoms with Gasteiger partial charge >= 0.3 is 151 Å². The molecule has 0 radical (unpaired) electrons. The number of alkyl halides is 1. The molecule has 0 bridgehead atoms. The van der Waals surface area contributed by atoms with Crippen molar-refractivity contribution in [3.63, 3.8) is 0 Å². The Hall–Kier alpha value is 0.850. The van der Waals surface area contributed by atoms with Gasteiger partial charge in [0.25, 0.3) is 0 Å². The second-order valence-corrected chi connectivity index (χ2v) is 13.5. The Morgan fingerprint density at radius 1 is 1.04 bits per heavy atom. The van der Waals surface area contributed by atoms with Crippen LogP contribution in [0.5, 0.6) is 0 Å². The van der Waals surface area contributed by atoms with E-state index in [0.717, 1.165) is 42.4 Å². The fourth-order valence-electron chi connectivity index (χ4n) is 3.88. The molecular weight excluding hydrogens is 528 g/mol. The van der Waals surface area contributed by atoms with Crippen molar-refractivity contribution < 1.29 is 26.3 Å². The summed E-state index contributed by atoms with van der Waals surface area (Å²) in [6.45, 7) is 15.6. The molecule has 2 rings (SSSR count). The van der Waals surface area contributed by atoms with E-state index < -0.39 is 0 Å². The van der Waals surface area contributed by atoms with Crippen molar-refractivity contribution in [2.75, 3.05) is 39.3 Å². The van der Waals surface area contributed by atoms with E-state index in [9.17, 15) is 4.79 Å². The molecule has 2 fully saturated rings. The summed E-state index contributed by atoms with van der Waals surface area (Å²) >= 11 is 2.59. The Morgan fingerprint density at radius 2 is 1.62 bits per heavy atom. The van der Waals surface area contributed by atoms with Crippen molar-refractivity contribution in [2.45, 2.75) is 50.9 Å². The first kappa shape index (κ1) is 21.2. The van der Waals surface area contributed by atoms with Gasteiger partial charge in [-0.3, -0.25) is 0 Å². The van der Waals surface area contributed by atoms with Crippen molar-refractivity contribution in [1.29, 1.82) is 0 Å². The molecule has 2 unspecified atom stereocenters. The predicted octanol–water partition coefficient (Wildman–Crippen LogP) is 0.267. The van der Waals surface area contributed by atoms with Gasteiger partial charge in [0.2, 0.25) is 0 Å². The Bertz CT molecular complexity index is 392. The second-order valence-electron chi connectivity index (χ2n) is 7.71. The molecule has 24 heavy (non-hydrogen) atoms. The van der Waals surface area contributed by atoms with Gasteiger partial charge in [0.05, 0.1) is 0 Å². The van der Waals surface area contributed by atoms with E-state index in [2.05, 4.69) is 61.7 Å². The van der Waals surface area contributed by atoms with Crippen molar-refractivity contribution >= 4 is 28.8 Å². The van der Waals surface area contributed by atoms with Crippen LogP contribution in [-0.2, 0) is 4.79 Å². The average molecular weight is 562 g/mol. The summed E-state index contributed by atoms with van der Waals surface area (Å²) in [5.74, 6) is 2.06. The van der Waals surface area contributed by atoms with Gasteiger partial charge < -0.3 is 0 Å². The van der Waals surface area contributed by atoms with Gasteiger partial charge in [-0.1, -0.05) is 0 Å². The number of halogens is 2. The summed E-state index contributed by atoms with van der Waals surface area (Å²) in [6.07, 6.45) is 3.73. The number of hydrogen-bond acceptors (Lipinski definition) is 3. The van der Waals surface area contributed by atoms with E-state index in [0.29, 0.717) is 11.8 Å². The molecule has 0 aromatic carbocycles. The van der Waals surface area contributed by atoms with Crippen molar-refractivity contribution in [3.05, 3.63) is 0 Å². The van der Waals surface area contributed by atoms with Crippen LogP contribution in [-0.4, -0.2) is 60.2 Å². The van der Waals surface area contributed by atoms with Crippen LogP contribution >= 0.6 is 22.9 Å². The average Bonchev–Trinajstić information content (AvgIpc) is 2.55. The van der Waals surface area contributed by atoms with Crippen LogP contribution in [0.2, 0.25) is 0 Å². The van der Waals surface area contributed by atoms with Crippen LogP contribution in [0.15, 0.2) is 0 Å². The number of amides is 1. The third kappa shape index (κ3) is 6.54. The van der Waals surface area contributed by atoms with E-state index >= 15 is 0 Å². The number of carbonyl (C=O) groups is 1. The maximum atomic E-state index is 12.7. The second kappa shape index (κ2) is 10.3. The molecule has 0 spiro atoms. The Kier molecular flexibility index (Phi) is 9.04. The summed E-state index contributed by atoms with van der Waals surface area (Å²) < 4.78 is 5.88. The monoisotopic (exact) mass is 562 g/mol. The number of piperazine rings is 1. The van der Waals surface area contributed by atoms with E-state index in [-0.39, 0.29) is 27.4 Å². The zero-order valence-corrected chi connectivity index (χ0v) is 20.0. The number of nitrogens with zero attached hydrogens (tertiary/aromatic N) is 3. The molecule has 4 nitrogen and oxygen atoms in total.